The molecule has 0 aromatic heterocycles. The minimum atomic E-state index is -0.115. The van der Waals surface area contributed by atoms with Gasteiger partial charge in [0.1, 0.15) is 5.75 Å². The number of anilines is 1. The average Bonchev–Trinajstić information content (AvgIpc) is 2.74. The first-order valence-corrected chi connectivity index (χ1v) is 11.3. The van der Waals surface area contributed by atoms with Gasteiger partial charge in [-0.05, 0) is 55.6 Å². The Labute approximate surface area is 174 Å². The van der Waals surface area contributed by atoms with E-state index in [9.17, 15) is 4.79 Å². The summed E-state index contributed by atoms with van der Waals surface area (Å²) in [6.45, 7) is 2.56. The number of hydrogen-bond donors (Lipinski definition) is 1. The van der Waals surface area contributed by atoms with Crippen LogP contribution < -0.4 is 10.1 Å². The number of hydrogen-bond acceptors (Lipinski definition) is 4. The molecule has 0 unspecified atom stereocenters. The van der Waals surface area contributed by atoms with Gasteiger partial charge in [0.2, 0.25) is 0 Å². The first-order chi connectivity index (χ1) is 13.7. The zero-order valence-corrected chi connectivity index (χ0v) is 17.6. The summed E-state index contributed by atoms with van der Waals surface area (Å²) >= 11 is 3.34. The van der Waals surface area contributed by atoms with E-state index in [1.807, 2.05) is 73.8 Å². The summed E-state index contributed by atoms with van der Waals surface area (Å²) < 4.78 is 5.77. The van der Waals surface area contributed by atoms with E-state index >= 15 is 0 Å². The largest absolute Gasteiger partial charge is 0.494 e. The van der Waals surface area contributed by atoms with Gasteiger partial charge in [-0.15, -0.1) is 23.5 Å². The van der Waals surface area contributed by atoms with E-state index in [2.05, 4.69) is 17.4 Å². The van der Waals surface area contributed by atoms with Crippen molar-refractivity contribution in [3.05, 3.63) is 83.9 Å². The molecule has 3 aromatic rings. The summed E-state index contributed by atoms with van der Waals surface area (Å²) in [6.07, 6.45) is 2.00. The smallest absolute Gasteiger partial charge is 0.255 e. The van der Waals surface area contributed by atoms with Crippen LogP contribution in [0.3, 0.4) is 0 Å². The lowest BCUT2D eigenvalue weighted by Gasteiger charge is -2.13. The van der Waals surface area contributed by atoms with Crippen molar-refractivity contribution in [2.24, 2.45) is 0 Å². The van der Waals surface area contributed by atoms with E-state index in [1.54, 1.807) is 23.5 Å². The molecule has 5 heteroatoms. The fourth-order valence-electron chi connectivity index (χ4n) is 2.75. The quantitative estimate of drug-likeness (QED) is 0.440. The van der Waals surface area contributed by atoms with Crippen LogP contribution >= 0.6 is 23.5 Å². The van der Waals surface area contributed by atoms with Crippen LogP contribution in [0.25, 0.3) is 0 Å². The van der Waals surface area contributed by atoms with Crippen LogP contribution in [0.4, 0.5) is 5.69 Å². The van der Waals surface area contributed by atoms with Gasteiger partial charge in [-0.3, -0.25) is 4.79 Å². The zero-order valence-electron chi connectivity index (χ0n) is 16.0. The van der Waals surface area contributed by atoms with E-state index in [0.29, 0.717) is 12.2 Å². The van der Waals surface area contributed by atoms with Gasteiger partial charge >= 0.3 is 0 Å². The number of carbonyl (C=O) groups is 1. The molecule has 0 aliphatic carbocycles. The van der Waals surface area contributed by atoms with Crippen molar-refractivity contribution in [3.8, 4) is 5.75 Å². The van der Waals surface area contributed by atoms with Crippen LogP contribution in [0, 0.1) is 0 Å². The van der Waals surface area contributed by atoms with E-state index < -0.39 is 0 Å². The van der Waals surface area contributed by atoms with Crippen molar-refractivity contribution in [2.45, 2.75) is 22.5 Å². The molecule has 3 nitrogen and oxygen atoms in total. The third kappa shape index (κ3) is 5.33. The maximum absolute atomic E-state index is 12.8. The Bertz CT molecular complexity index is 929. The van der Waals surface area contributed by atoms with E-state index in [-0.39, 0.29) is 5.91 Å². The number of rotatable bonds is 8. The molecule has 0 bridgehead atoms. The normalized spacial score (nSPS) is 10.5. The monoisotopic (exact) mass is 409 g/mol. The molecule has 1 N–H and O–H groups in total. The van der Waals surface area contributed by atoms with Gasteiger partial charge in [0.25, 0.3) is 5.91 Å². The topological polar surface area (TPSA) is 38.3 Å². The van der Waals surface area contributed by atoms with E-state index in [1.165, 1.54) is 4.90 Å². The Kier molecular flexibility index (Phi) is 7.46. The first kappa shape index (κ1) is 20.4. The van der Waals surface area contributed by atoms with Gasteiger partial charge in [-0.2, -0.15) is 0 Å². The van der Waals surface area contributed by atoms with Crippen LogP contribution in [-0.2, 0) is 5.75 Å². The molecule has 0 radical (unpaired) electrons. The Morgan fingerprint density at radius 2 is 1.75 bits per heavy atom. The summed E-state index contributed by atoms with van der Waals surface area (Å²) in [4.78, 5) is 15.0. The molecule has 28 heavy (non-hydrogen) atoms. The maximum atomic E-state index is 12.8. The minimum absolute atomic E-state index is 0.115. The lowest BCUT2D eigenvalue weighted by molar-refractivity contribution is 0.102. The molecule has 0 fully saturated rings. The summed E-state index contributed by atoms with van der Waals surface area (Å²) in [5.74, 6) is 1.45. The highest BCUT2D eigenvalue weighted by Crippen LogP contribution is 2.30. The highest BCUT2D eigenvalue weighted by Gasteiger charge is 2.13. The van der Waals surface area contributed by atoms with Crippen molar-refractivity contribution in [1.82, 2.24) is 0 Å². The van der Waals surface area contributed by atoms with Crippen molar-refractivity contribution in [3.63, 3.8) is 0 Å². The zero-order chi connectivity index (χ0) is 19.8. The SMILES string of the molecule is CCOc1ccc(C(=O)Nc2ccccc2SC)cc1CSc1ccccc1. The highest BCUT2D eigenvalue weighted by molar-refractivity contribution is 7.98. The number of thioether (sulfide) groups is 2. The molecular formula is C23H23NO2S2. The van der Waals surface area contributed by atoms with Crippen LogP contribution in [0.15, 0.2) is 82.6 Å². The molecule has 0 spiro atoms. The molecule has 0 saturated heterocycles. The molecule has 0 atom stereocenters. The summed E-state index contributed by atoms with van der Waals surface area (Å²) in [7, 11) is 0. The fourth-order valence-corrected chi connectivity index (χ4v) is 4.20. The number of benzene rings is 3. The third-order valence-electron chi connectivity index (χ3n) is 4.12. The van der Waals surface area contributed by atoms with Crippen LogP contribution in [0.5, 0.6) is 5.75 Å². The molecule has 3 aromatic carbocycles. The second-order valence-corrected chi connectivity index (χ2v) is 7.91. The predicted molar refractivity (Wildman–Crippen MR) is 120 cm³/mol. The first-order valence-electron chi connectivity index (χ1n) is 9.09. The number of ether oxygens (including phenoxy) is 1. The Hall–Kier alpha value is -2.37. The van der Waals surface area contributed by atoms with Crippen molar-refractivity contribution < 1.29 is 9.53 Å². The highest BCUT2D eigenvalue weighted by atomic mass is 32.2. The number of para-hydroxylation sites is 1. The van der Waals surface area contributed by atoms with Gasteiger partial charge in [-0.1, -0.05) is 30.3 Å². The molecule has 144 valence electrons. The molecule has 3 rings (SSSR count). The third-order valence-corrected chi connectivity index (χ3v) is 5.97. The summed E-state index contributed by atoms with van der Waals surface area (Å²) in [5.41, 5.74) is 2.47. The lowest BCUT2D eigenvalue weighted by atomic mass is 10.1. The maximum Gasteiger partial charge on any atom is 0.255 e. The Morgan fingerprint density at radius 1 is 1.00 bits per heavy atom. The lowest BCUT2D eigenvalue weighted by Crippen LogP contribution is -2.13. The fraction of sp³-hybridized carbons (Fsp3) is 0.174. The Balaban J connectivity index is 1.80. The number of nitrogens with one attached hydrogen (secondary N) is 1. The van der Waals surface area contributed by atoms with E-state index in [4.69, 9.17) is 4.74 Å². The van der Waals surface area contributed by atoms with Gasteiger partial charge in [0.05, 0.1) is 12.3 Å². The van der Waals surface area contributed by atoms with Crippen LogP contribution in [0.1, 0.15) is 22.8 Å². The molecule has 0 saturated carbocycles. The van der Waals surface area contributed by atoms with Gasteiger partial charge in [-0.25, -0.2) is 0 Å². The predicted octanol–water partition coefficient (Wildman–Crippen LogP) is 6.35. The number of carbonyl (C=O) groups excluding carboxylic acids is 1. The van der Waals surface area contributed by atoms with E-state index in [0.717, 1.165) is 27.6 Å². The second kappa shape index (κ2) is 10.2. The van der Waals surface area contributed by atoms with Crippen molar-refractivity contribution >= 4 is 35.1 Å². The molecule has 0 aliphatic rings. The van der Waals surface area contributed by atoms with Crippen molar-refractivity contribution in [2.75, 3.05) is 18.2 Å². The van der Waals surface area contributed by atoms with Crippen LogP contribution in [-0.4, -0.2) is 18.8 Å². The standard InChI is InChI=1S/C23H23NO2S2/c1-3-26-21-14-13-17(15-18(21)16-28-19-9-5-4-6-10-19)23(25)24-20-11-7-8-12-22(20)27-2/h4-15H,3,16H2,1-2H3,(H,24,25). The van der Waals surface area contributed by atoms with Gasteiger partial charge < -0.3 is 10.1 Å². The average molecular weight is 410 g/mol. The molecule has 0 heterocycles. The van der Waals surface area contributed by atoms with Crippen LogP contribution in [0.2, 0.25) is 0 Å². The summed E-state index contributed by atoms with van der Waals surface area (Å²) in [6, 6.07) is 23.7. The second-order valence-electron chi connectivity index (χ2n) is 6.01. The van der Waals surface area contributed by atoms with Crippen molar-refractivity contribution in [1.29, 1.82) is 0 Å². The molecular weight excluding hydrogens is 386 g/mol. The van der Waals surface area contributed by atoms with Gasteiger partial charge in [0, 0.05) is 26.7 Å². The minimum Gasteiger partial charge on any atom is -0.494 e. The number of amides is 1. The molecule has 0 aliphatic heterocycles. The summed E-state index contributed by atoms with van der Waals surface area (Å²) in [5, 5.41) is 3.02. The molecule has 1 amide bonds. The van der Waals surface area contributed by atoms with Gasteiger partial charge in [0.15, 0.2) is 0 Å². The Morgan fingerprint density at radius 3 is 2.50 bits per heavy atom.